The Morgan fingerprint density at radius 3 is 2.71 bits per heavy atom. The van der Waals surface area contributed by atoms with Crippen molar-refractivity contribution in [2.45, 2.75) is 39.7 Å². The summed E-state index contributed by atoms with van der Waals surface area (Å²) in [5, 5.41) is 3.36. The summed E-state index contributed by atoms with van der Waals surface area (Å²) in [6, 6.07) is 5.41. The second-order valence-corrected chi connectivity index (χ2v) is 5.24. The van der Waals surface area contributed by atoms with Gasteiger partial charge >= 0.3 is 0 Å². The molecule has 21 heavy (non-hydrogen) atoms. The molecule has 0 spiro atoms. The number of benzene rings is 1. The molecule has 120 valence electrons. The maximum absolute atomic E-state index is 14.0. The van der Waals surface area contributed by atoms with E-state index >= 15 is 0 Å². The Morgan fingerprint density at radius 1 is 1.24 bits per heavy atom. The van der Waals surface area contributed by atoms with E-state index in [2.05, 4.69) is 24.1 Å². The molecule has 0 bridgehead atoms. The molecule has 0 aliphatic carbocycles. The average Bonchev–Trinajstić information content (AvgIpc) is 2.50. The monoisotopic (exact) mass is 296 g/mol. The Hall–Kier alpha value is -1.13. The van der Waals surface area contributed by atoms with Gasteiger partial charge in [-0.15, -0.1) is 0 Å². The van der Waals surface area contributed by atoms with Crippen LogP contribution in [0, 0.1) is 5.82 Å². The zero-order valence-corrected chi connectivity index (χ0v) is 13.6. The van der Waals surface area contributed by atoms with Gasteiger partial charge in [0.2, 0.25) is 0 Å². The average molecular weight is 296 g/mol. The van der Waals surface area contributed by atoms with E-state index in [0.717, 1.165) is 63.3 Å². The number of nitrogens with one attached hydrogen (secondary N) is 1. The molecule has 0 unspecified atom stereocenters. The number of methoxy groups -OCH3 is 1. The molecule has 0 saturated carbocycles. The van der Waals surface area contributed by atoms with Crippen LogP contribution in [0.25, 0.3) is 0 Å². The summed E-state index contributed by atoms with van der Waals surface area (Å²) >= 11 is 0. The van der Waals surface area contributed by atoms with Crippen LogP contribution in [0.15, 0.2) is 18.2 Å². The Balaban J connectivity index is 2.61. The molecule has 1 aromatic carbocycles. The Kier molecular flexibility index (Phi) is 9.02. The smallest absolute Gasteiger partial charge is 0.146 e. The highest BCUT2D eigenvalue weighted by atomic mass is 19.1. The fourth-order valence-corrected chi connectivity index (χ4v) is 2.28. The summed E-state index contributed by atoms with van der Waals surface area (Å²) in [6.07, 6.45) is 3.20. The van der Waals surface area contributed by atoms with E-state index < -0.39 is 0 Å². The van der Waals surface area contributed by atoms with E-state index in [-0.39, 0.29) is 5.82 Å². The van der Waals surface area contributed by atoms with Crippen LogP contribution in [-0.4, -0.2) is 33.4 Å². The normalized spacial score (nSPS) is 10.9. The summed E-state index contributed by atoms with van der Waals surface area (Å²) in [6.45, 7) is 8.42. The van der Waals surface area contributed by atoms with Gasteiger partial charge in [-0.2, -0.15) is 0 Å². The summed E-state index contributed by atoms with van der Waals surface area (Å²) in [5.74, 6) is -0.129. The van der Waals surface area contributed by atoms with Crippen molar-refractivity contribution in [3.63, 3.8) is 0 Å². The van der Waals surface area contributed by atoms with Crippen LogP contribution in [0.2, 0.25) is 0 Å². The quantitative estimate of drug-likeness (QED) is 0.632. The van der Waals surface area contributed by atoms with Gasteiger partial charge in [-0.05, 0) is 44.0 Å². The van der Waals surface area contributed by atoms with E-state index in [1.165, 1.54) is 0 Å². The molecule has 0 aliphatic heterocycles. The van der Waals surface area contributed by atoms with Crippen molar-refractivity contribution in [1.29, 1.82) is 0 Å². The van der Waals surface area contributed by atoms with Gasteiger partial charge in [0, 0.05) is 33.4 Å². The zero-order valence-electron chi connectivity index (χ0n) is 13.6. The van der Waals surface area contributed by atoms with Gasteiger partial charge in [-0.3, -0.25) is 0 Å². The van der Waals surface area contributed by atoms with Crippen LogP contribution in [0.1, 0.15) is 38.7 Å². The minimum absolute atomic E-state index is 0.129. The van der Waals surface area contributed by atoms with E-state index in [9.17, 15) is 4.39 Å². The summed E-state index contributed by atoms with van der Waals surface area (Å²) in [5.41, 5.74) is 1.85. The van der Waals surface area contributed by atoms with Crippen LogP contribution in [0.3, 0.4) is 0 Å². The van der Waals surface area contributed by atoms with Gasteiger partial charge in [0.1, 0.15) is 5.82 Å². The topological polar surface area (TPSA) is 24.5 Å². The third-order valence-corrected chi connectivity index (χ3v) is 3.55. The lowest BCUT2D eigenvalue weighted by Crippen LogP contribution is -2.25. The highest BCUT2D eigenvalue weighted by Gasteiger charge is 2.10. The van der Waals surface area contributed by atoms with Crippen molar-refractivity contribution >= 4 is 5.69 Å². The Labute approximate surface area is 128 Å². The first-order valence-electron chi connectivity index (χ1n) is 7.95. The van der Waals surface area contributed by atoms with Gasteiger partial charge in [0.05, 0.1) is 5.69 Å². The standard InChI is InChI=1S/C17H29FN2O/c1-4-6-11-20(5-2)17-13-15(8-9-16(17)18)14-19-10-7-12-21-3/h8-9,13,19H,4-7,10-12,14H2,1-3H3. The molecular formula is C17H29FN2O. The van der Waals surface area contributed by atoms with Crippen molar-refractivity contribution in [1.82, 2.24) is 5.32 Å². The lowest BCUT2D eigenvalue weighted by Gasteiger charge is -2.24. The third kappa shape index (κ3) is 6.44. The van der Waals surface area contributed by atoms with E-state index in [4.69, 9.17) is 4.74 Å². The van der Waals surface area contributed by atoms with Crippen LogP contribution < -0.4 is 10.2 Å². The predicted molar refractivity (Wildman–Crippen MR) is 87.4 cm³/mol. The van der Waals surface area contributed by atoms with Crippen molar-refractivity contribution in [2.75, 3.05) is 38.3 Å². The molecule has 0 heterocycles. The van der Waals surface area contributed by atoms with Gasteiger partial charge in [0.15, 0.2) is 0 Å². The summed E-state index contributed by atoms with van der Waals surface area (Å²) in [7, 11) is 1.71. The highest BCUT2D eigenvalue weighted by molar-refractivity contribution is 5.50. The molecule has 0 radical (unpaired) electrons. The minimum Gasteiger partial charge on any atom is -0.385 e. The lowest BCUT2D eigenvalue weighted by molar-refractivity contribution is 0.194. The van der Waals surface area contributed by atoms with Crippen LogP contribution in [0.4, 0.5) is 10.1 Å². The number of hydrogen-bond acceptors (Lipinski definition) is 3. The number of hydrogen-bond donors (Lipinski definition) is 1. The molecular weight excluding hydrogens is 267 g/mol. The molecule has 0 aromatic heterocycles. The Bertz CT molecular complexity index is 398. The molecule has 0 atom stereocenters. The Morgan fingerprint density at radius 2 is 2.05 bits per heavy atom. The largest absolute Gasteiger partial charge is 0.385 e. The summed E-state index contributed by atoms with van der Waals surface area (Å²) < 4.78 is 19.1. The van der Waals surface area contributed by atoms with Gasteiger partial charge in [0.25, 0.3) is 0 Å². The number of halogens is 1. The lowest BCUT2D eigenvalue weighted by atomic mass is 10.1. The molecule has 3 nitrogen and oxygen atoms in total. The van der Waals surface area contributed by atoms with Gasteiger partial charge < -0.3 is 15.0 Å². The van der Waals surface area contributed by atoms with Crippen LogP contribution in [0.5, 0.6) is 0 Å². The molecule has 1 N–H and O–H groups in total. The minimum atomic E-state index is -0.129. The molecule has 0 amide bonds. The van der Waals surface area contributed by atoms with Gasteiger partial charge in [-0.1, -0.05) is 19.4 Å². The summed E-state index contributed by atoms with van der Waals surface area (Å²) in [4.78, 5) is 2.12. The van der Waals surface area contributed by atoms with Crippen molar-refractivity contribution < 1.29 is 9.13 Å². The first kappa shape index (κ1) is 17.9. The van der Waals surface area contributed by atoms with Crippen molar-refractivity contribution in [3.05, 3.63) is 29.6 Å². The van der Waals surface area contributed by atoms with Crippen LogP contribution >= 0.6 is 0 Å². The third-order valence-electron chi connectivity index (χ3n) is 3.55. The van der Waals surface area contributed by atoms with Gasteiger partial charge in [-0.25, -0.2) is 4.39 Å². The van der Waals surface area contributed by atoms with E-state index in [1.807, 2.05) is 12.1 Å². The number of rotatable bonds is 11. The number of anilines is 1. The first-order valence-corrected chi connectivity index (χ1v) is 7.95. The molecule has 4 heteroatoms. The SMILES string of the molecule is CCCCN(CC)c1cc(CNCCCOC)ccc1F. The molecule has 0 fully saturated rings. The number of ether oxygens (including phenoxy) is 1. The van der Waals surface area contributed by atoms with Crippen LogP contribution in [-0.2, 0) is 11.3 Å². The molecule has 0 saturated heterocycles. The van der Waals surface area contributed by atoms with Crippen molar-refractivity contribution in [3.8, 4) is 0 Å². The fraction of sp³-hybridized carbons (Fsp3) is 0.647. The fourth-order valence-electron chi connectivity index (χ4n) is 2.28. The predicted octanol–water partition coefficient (Wildman–Crippen LogP) is 3.58. The zero-order chi connectivity index (χ0) is 15.5. The molecule has 0 aliphatic rings. The van der Waals surface area contributed by atoms with E-state index in [0.29, 0.717) is 0 Å². The number of unbranched alkanes of at least 4 members (excludes halogenated alkanes) is 1. The molecule has 1 rings (SSSR count). The maximum atomic E-state index is 14.0. The second-order valence-electron chi connectivity index (χ2n) is 5.24. The highest BCUT2D eigenvalue weighted by Crippen LogP contribution is 2.21. The van der Waals surface area contributed by atoms with E-state index in [1.54, 1.807) is 13.2 Å². The maximum Gasteiger partial charge on any atom is 0.146 e. The number of nitrogens with zero attached hydrogens (tertiary/aromatic N) is 1. The first-order chi connectivity index (χ1) is 10.2. The second kappa shape index (κ2) is 10.6. The van der Waals surface area contributed by atoms with Crippen molar-refractivity contribution in [2.24, 2.45) is 0 Å². The molecule has 1 aromatic rings.